The lowest BCUT2D eigenvalue weighted by molar-refractivity contribution is 0.0713. The molecule has 2 aromatic carbocycles. The van der Waals surface area contributed by atoms with E-state index in [2.05, 4.69) is 4.90 Å². The number of rotatable bonds is 4. The molecule has 0 amide bonds. The topological polar surface area (TPSA) is 23.5 Å². The molecule has 0 bridgehead atoms. The third-order valence-corrected chi connectivity index (χ3v) is 4.79. The summed E-state index contributed by atoms with van der Waals surface area (Å²) in [6, 6.07) is 13.4. The number of hydrogen-bond acceptors (Lipinski definition) is 2. The molecule has 2 nitrogen and oxygen atoms in total. The molecule has 1 aliphatic rings. The van der Waals surface area contributed by atoms with Gasteiger partial charge < -0.3 is 10.0 Å². The Morgan fingerprint density at radius 3 is 2.48 bits per heavy atom. The maximum Gasteiger partial charge on any atom is 0.162 e. The van der Waals surface area contributed by atoms with E-state index in [9.17, 15) is 13.9 Å². The average Bonchev–Trinajstić information content (AvgIpc) is 2.99. The molecule has 0 saturated carbocycles. The van der Waals surface area contributed by atoms with E-state index in [1.165, 1.54) is 6.07 Å². The smallest absolute Gasteiger partial charge is 0.162 e. The van der Waals surface area contributed by atoms with Crippen LogP contribution in [0.25, 0.3) is 0 Å². The molecule has 1 saturated heterocycles. The van der Waals surface area contributed by atoms with Crippen molar-refractivity contribution in [1.82, 2.24) is 4.90 Å². The van der Waals surface area contributed by atoms with Crippen LogP contribution in [0.15, 0.2) is 48.5 Å². The number of halogens is 2. The molecule has 1 aliphatic heterocycles. The molecular formula is C19H21F2NO. The summed E-state index contributed by atoms with van der Waals surface area (Å²) in [7, 11) is 1.96. The van der Waals surface area contributed by atoms with Crippen molar-refractivity contribution in [3.63, 3.8) is 0 Å². The molecule has 3 rings (SSSR count). The first-order valence-corrected chi connectivity index (χ1v) is 7.96. The van der Waals surface area contributed by atoms with E-state index < -0.39 is 23.7 Å². The van der Waals surface area contributed by atoms with E-state index in [-0.39, 0.29) is 11.6 Å². The Hall–Kier alpha value is -1.78. The highest BCUT2D eigenvalue weighted by Gasteiger charge is 2.36. The fraction of sp³-hybridized carbons (Fsp3) is 0.368. The van der Waals surface area contributed by atoms with Gasteiger partial charge in [-0.2, -0.15) is 0 Å². The van der Waals surface area contributed by atoms with Crippen LogP contribution in [0.1, 0.15) is 29.9 Å². The predicted octanol–water partition coefficient (Wildman–Crippen LogP) is 3.55. The Balaban J connectivity index is 2.05. The van der Waals surface area contributed by atoms with Crippen molar-refractivity contribution in [3.8, 4) is 0 Å². The summed E-state index contributed by atoms with van der Waals surface area (Å²) in [6.45, 7) is 0.912. The molecule has 2 aromatic rings. The van der Waals surface area contributed by atoms with Crippen LogP contribution in [-0.2, 0) is 0 Å². The van der Waals surface area contributed by atoms with Crippen molar-refractivity contribution in [1.29, 1.82) is 0 Å². The number of hydrogen-bond donors (Lipinski definition) is 1. The molecular weight excluding hydrogens is 296 g/mol. The van der Waals surface area contributed by atoms with Crippen LogP contribution in [0.3, 0.4) is 0 Å². The van der Waals surface area contributed by atoms with Crippen molar-refractivity contribution in [2.24, 2.45) is 0 Å². The molecule has 122 valence electrons. The van der Waals surface area contributed by atoms with Crippen LogP contribution < -0.4 is 0 Å². The summed E-state index contributed by atoms with van der Waals surface area (Å²) in [5, 5.41) is 11.0. The Morgan fingerprint density at radius 2 is 1.83 bits per heavy atom. The van der Waals surface area contributed by atoms with Gasteiger partial charge in [0.15, 0.2) is 11.6 Å². The molecule has 1 N–H and O–H groups in total. The highest BCUT2D eigenvalue weighted by Crippen LogP contribution is 2.35. The van der Waals surface area contributed by atoms with E-state index in [0.29, 0.717) is 0 Å². The Labute approximate surface area is 135 Å². The van der Waals surface area contributed by atoms with Crippen LogP contribution in [-0.4, -0.2) is 35.7 Å². The van der Waals surface area contributed by atoms with Crippen molar-refractivity contribution in [2.75, 3.05) is 13.6 Å². The first-order chi connectivity index (χ1) is 11.1. The second-order valence-electron chi connectivity index (χ2n) is 6.21. The lowest BCUT2D eigenvalue weighted by Gasteiger charge is -2.32. The predicted molar refractivity (Wildman–Crippen MR) is 86.3 cm³/mol. The number of likely N-dealkylation sites (N-methyl/N-ethyl adjacent to an activating group) is 1. The van der Waals surface area contributed by atoms with E-state index in [0.717, 1.165) is 31.0 Å². The summed E-state index contributed by atoms with van der Waals surface area (Å²) in [5.41, 5.74) is 1.01. The lowest BCUT2D eigenvalue weighted by atomic mass is 9.82. The van der Waals surface area contributed by atoms with Crippen LogP contribution in [0.4, 0.5) is 8.78 Å². The van der Waals surface area contributed by atoms with Crippen LogP contribution in [0, 0.1) is 11.6 Å². The molecule has 0 aromatic heterocycles. The lowest BCUT2D eigenvalue weighted by Crippen LogP contribution is -2.40. The second-order valence-corrected chi connectivity index (χ2v) is 6.21. The highest BCUT2D eigenvalue weighted by molar-refractivity contribution is 5.35. The molecule has 0 unspecified atom stereocenters. The first kappa shape index (κ1) is 16.1. The molecule has 1 heterocycles. The SMILES string of the molecule is CN1CCC[C@@H]1[C@@H](O)[C@@H](c1ccccc1)c1cccc(F)c1F. The number of aliphatic hydroxyl groups excluding tert-OH is 1. The van der Waals surface area contributed by atoms with Gasteiger partial charge in [-0.1, -0.05) is 42.5 Å². The van der Waals surface area contributed by atoms with E-state index in [4.69, 9.17) is 0 Å². The maximum absolute atomic E-state index is 14.4. The molecule has 0 spiro atoms. The first-order valence-electron chi connectivity index (χ1n) is 7.96. The molecule has 1 fully saturated rings. The van der Waals surface area contributed by atoms with Gasteiger partial charge in [0, 0.05) is 17.5 Å². The van der Waals surface area contributed by atoms with Gasteiger partial charge >= 0.3 is 0 Å². The monoisotopic (exact) mass is 317 g/mol. The molecule has 0 radical (unpaired) electrons. The minimum absolute atomic E-state index is 0.0529. The maximum atomic E-state index is 14.4. The zero-order valence-electron chi connectivity index (χ0n) is 13.1. The van der Waals surface area contributed by atoms with Gasteiger partial charge in [0.2, 0.25) is 0 Å². The van der Waals surface area contributed by atoms with Crippen molar-refractivity contribution >= 4 is 0 Å². The molecule has 23 heavy (non-hydrogen) atoms. The summed E-state index contributed by atoms with van der Waals surface area (Å²) in [5.74, 6) is -2.34. The second kappa shape index (κ2) is 6.77. The zero-order valence-corrected chi connectivity index (χ0v) is 13.1. The largest absolute Gasteiger partial charge is 0.391 e. The third kappa shape index (κ3) is 3.14. The average molecular weight is 317 g/mol. The summed E-state index contributed by atoms with van der Waals surface area (Å²) >= 11 is 0. The summed E-state index contributed by atoms with van der Waals surface area (Å²) < 4.78 is 28.1. The van der Waals surface area contributed by atoms with Crippen molar-refractivity contribution in [2.45, 2.75) is 30.9 Å². The van der Waals surface area contributed by atoms with Crippen LogP contribution >= 0.6 is 0 Å². The number of aliphatic hydroxyl groups is 1. The standard InChI is InChI=1S/C19H21F2NO/c1-22-12-6-11-16(22)19(23)17(13-7-3-2-4-8-13)14-9-5-10-15(20)18(14)21/h2-5,7-10,16-17,19,23H,6,11-12H2,1H3/t16-,17+,19-/m1/s1. The fourth-order valence-electron chi connectivity index (χ4n) is 3.57. The summed E-state index contributed by atoms with van der Waals surface area (Å²) in [4.78, 5) is 2.10. The van der Waals surface area contributed by atoms with Gasteiger partial charge in [-0.3, -0.25) is 0 Å². The van der Waals surface area contributed by atoms with Gasteiger partial charge in [0.05, 0.1) is 6.10 Å². The van der Waals surface area contributed by atoms with Gasteiger partial charge in [-0.05, 0) is 38.1 Å². The van der Waals surface area contributed by atoms with Gasteiger partial charge in [0.1, 0.15) is 0 Å². The molecule has 0 aliphatic carbocycles. The molecule has 3 atom stereocenters. The minimum atomic E-state index is -0.879. The van der Waals surface area contributed by atoms with Gasteiger partial charge in [-0.25, -0.2) is 8.78 Å². The van der Waals surface area contributed by atoms with Gasteiger partial charge in [-0.15, -0.1) is 0 Å². The van der Waals surface area contributed by atoms with Crippen LogP contribution in [0.5, 0.6) is 0 Å². The zero-order chi connectivity index (χ0) is 16.4. The van der Waals surface area contributed by atoms with Crippen molar-refractivity contribution < 1.29 is 13.9 Å². The quantitative estimate of drug-likeness (QED) is 0.932. The molecule has 4 heteroatoms. The van der Waals surface area contributed by atoms with Crippen molar-refractivity contribution in [3.05, 3.63) is 71.3 Å². The normalized spacial score (nSPS) is 21.3. The Morgan fingerprint density at radius 1 is 1.09 bits per heavy atom. The number of benzene rings is 2. The number of likely N-dealkylation sites (tertiary alicyclic amines) is 1. The van der Waals surface area contributed by atoms with Crippen LogP contribution in [0.2, 0.25) is 0 Å². The van der Waals surface area contributed by atoms with E-state index in [1.807, 2.05) is 37.4 Å². The minimum Gasteiger partial charge on any atom is -0.391 e. The number of nitrogens with zero attached hydrogens (tertiary/aromatic N) is 1. The Bertz CT molecular complexity index is 662. The highest BCUT2D eigenvalue weighted by atomic mass is 19.2. The fourth-order valence-corrected chi connectivity index (χ4v) is 3.57. The third-order valence-electron chi connectivity index (χ3n) is 4.79. The Kier molecular flexibility index (Phi) is 4.74. The van der Waals surface area contributed by atoms with Gasteiger partial charge in [0.25, 0.3) is 0 Å². The van der Waals surface area contributed by atoms with E-state index >= 15 is 0 Å². The summed E-state index contributed by atoms with van der Waals surface area (Å²) in [6.07, 6.45) is 1.07. The van der Waals surface area contributed by atoms with E-state index in [1.54, 1.807) is 6.07 Å².